The molecular weight excluding hydrogens is 410 g/mol. The van der Waals surface area contributed by atoms with Crippen molar-refractivity contribution < 1.29 is 9.32 Å². The predicted octanol–water partition coefficient (Wildman–Crippen LogP) is 5.04. The van der Waals surface area contributed by atoms with Gasteiger partial charge in [-0.2, -0.15) is 0 Å². The van der Waals surface area contributed by atoms with E-state index in [1.807, 2.05) is 65.6 Å². The maximum Gasteiger partial charge on any atom is 0.227 e. The van der Waals surface area contributed by atoms with Gasteiger partial charge in [0.25, 0.3) is 0 Å². The molecule has 0 N–H and O–H groups in total. The van der Waals surface area contributed by atoms with E-state index in [0.717, 1.165) is 29.6 Å². The van der Waals surface area contributed by atoms with Gasteiger partial charge in [-0.3, -0.25) is 4.79 Å². The first-order valence-electron chi connectivity index (χ1n) is 10.4. The van der Waals surface area contributed by atoms with Crippen molar-refractivity contribution in [2.75, 3.05) is 31.1 Å². The minimum Gasteiger partial charge on any atom is -0.368 e. The average molecular weight is 432 g/mol. The number of piperazine rings is 1. The molecule has 0 atom stereocenters. The Hall–Kier alpha value is -3.31. The summed E-state index contributed by atoms with van der Waals surface area (Å²) < 4.78 is 5.65. The minimum absolute atomic E-state index is 0.0838. The molecule has 1 amide bonds. The van der Waals surface area contributed by atoms with Gasteiger partial charge in [-0.05, 0) is 29.8 Å². The third-order valence-electron chi connectivity index (χ3n) is 5.76. The van der Waals surface area contributed by atoms with Crippen molar-refractivity contribution >= 4 is 34.1 Å². The van der Waals surface area contributed by atoms with E-state index in [0.29, 0.717) is 29.4 Å². The number of carbonyl (C=O) groups excluding carboxylic acids is 1. The molecule has 6 heteroatoms. The molecule has 5 rings (SSSR count). The standard InChI is InChI=1S/C25H22ClN3O2/c26-20-15-19(24-22(17-20)25(31-27-24)18-7-3-1-4-8-18)16-23(30)29-13-11-28(12-14-29)21-9-5-2-6-10-21/h1-10,15,17H,11-14,16H2. The van der Waals surface area contributed by atoms with Crippen molar-refractivity contribution in [1.82, 2.24) is 10.1 Å². The van der Waals surface area contributed by atoms with Gasteiger partial charge in [0.05, 0.1) is 11.8 Å². The van der Waals surface area contributed by atoms with E-state index in [4.69, 9.17) is 16.1 Å². The maximum atomic E-state index is 13.0. The first kappa shape index (κ1) is 19.6. The van der Waals surface area contributed by atoms with Crippen LogP contribution >= 0.6 is 11.6 Å². The Morgan fingerprint density at radius 3 is 2.32 bits per heavy atom. The summed E-state index contributed by atoms with van der Waals surface area (Å²) in [6.45, 7) is 3.04. The fourth-order valence-electron chi connectivity index (χ4n) is 4.14. The average Bonchev–Trinajstić information content (AvgIpc) is 3.24. The number of hydrogen-bond acceptors (Lipinski definition) is 4. The van der Waals surface area contributed by atoms with Gasteiger partial charge < -0.3 is 14.3 Å². The fraction of sp³-hybridized carbons (Fsp3) is 0.200. The van der Waals surface area contributed by atoms with Crippen molar-refractivity contribution in [2.45, 2.75) is 6.42 Å². The smallest absolute Gasteiger partial charge is 0.227 e. The van der Waals surface area contributed by atoms with Gasteiger partial charge in [-0.1, -0.05) is 65.3 Å². The molecule has 0 radical (unpaired) electrons. The van der Waals surface area contributed by atoms with Gasteiger partial charge in [-0.25, -0.2) is 0 Å². The highest BCUT2D eigenvalue weighted by atomic mass is 35.5. The van der Waals surface area contributed by atoms with Crippen molar-refractivity contribution in [3.63, 3.8) is 0 Å². The topological polar surface area (TPSA) is 49.6 Å². The summed E-state index contributed by atoms with van der Waals surface area (Å²) in [5.74, 6) is 0.754. The van der Waals surface area contributed by atoms with Gasteiger partial charge in [0.2, 0.25) is 5.91 Å². The molecule has 0 bridgehead atoms. The van der Waals surface area contributed by atoms with Crippen LogP contribution in [0.4, 0.5) is 5.69 Å². The molecule has 2 heterocycles. The molecule has 0 unspecified atom stereocenters. The summed E-state index contributed by atoms with van der Waals surface area (Å²) in [6.07, 6.45) is 0.253. The van der Waals surface area contributed by atoms with Crippen LogP contribution in [0.15, 0.2) is 77.3 Å². The highest BCUT2D eigenvalue weighted by Crippen LogP contribution is 2.33. The fourth-order valence-corrected chi connectivity index (χ4v) is 4.38. The number of benzene rings is 3. The quantitative estimate of drug-likeness (QED) is 0.454. The largest absolute Gasteiger partial charge is 0.368 e. The molecule has 156 valence electrons. The zero-order valence-electron chi connectivity index (χ0n) is 17.0. The summed E-state index contributed by atoms with van der Waals surface area (Å²) >= 11 is 6.40. The van der Waals surface area contributed by atoms with Gasteiger partial charge >= 0.3 is 0 Å². The van der Waals surface area contributed by atoms with Gasteiger partial charge in [0.1, 0.15) is 5.52 Å². The summed E-state index contributed by atoms with van der Waals surface area (Å²) in [4.78, 5) is 17.3. The summed E-state index contributed by atoms with van der Waals surface area (Å²) in [7, 11) is 0. The van der Waals surface area contributed by atoms with Crippen LogP contribution in [0.5, 0.6) is 0 Å². The Kier molecular flexibility index (Phi) is 5.35. The van der Waals surface area contributed by atoms with E-state index in [-0.39, 0.29) is 12.3 Å². The number of anilines is 1. The molecule has 5 nitrogen and oxygen atoms in total. The SMILES string of the molecule is O=C(Cc1cc(Cl)cc2c(-c3ccccc3)onc12)N1CCN(c2ccccc2)CC1. The zero-order chi connectivity index (χ0) is 21.2. The highest BCUT2D eigenvalue weighted by molar-refractivity contribution is 6.31. The van der Waals surface area contributed by atoms with Crippen molar-refractivity contribution in [3.05, 3.63) is 83.4 Å². The Bertz CT molecular complexity index is 1200. The number of para-hydroxylation sites is 1. The van der Waals surface area contributed by atoms with E-state index < -0.39 is 0 Å². The zero-order valence-corrected chi connectivity index (χ0v) is 17.8. The lowest BCUT2D eigenvalue weighted by atomic mass is 10.0. The number of carbonyl (C=O) groups is 1. The molecular formula is C25H22ClN3O2. The van der Waals surface area contributed by atoms with Gasteiger partial charge in [-0.15, -0.1) is 0 Å². The Balaban J connectivity index is 1.34. The molecule has 1 fully saturated rings. The monoisotopic (exact) mass is 431 g/mol. The van der Waals surface area contributed by atoms with Crippen LogP contribution in [0.2, 0.25) is 5.02 Å². The van der Waals surface area contributed by atoms with E-state index in [9.17, 15) is 4.79 Å². The number of hydrogen-bond donors (Lipinski definition) is 0. The Labute approximate surface area is 185 Å². The van der Waals surface area contributed by atoms with Crippen LogP contribution in [-0.2, 0) is 11.2 Å². The third kappa shape index (κ3) is 4.01. The molecule has 1 aromatic heterocycles. The van der Waals surface area contributed by atoms with Crippen LogP contribution in [0.3, 0.4) is 0 Å². The van der Waals surface area contributed by atoms with Crippen LogP contribution in [-0.4, -0.2) is 42.1 Å². The van der Waals surface area contributed by atoms with Gasteiger partial charge in [0, 0.05) is 42.5 Å². The van der Waals surface area contributed by atoms with Crippen molar-refractivity contribution in [3.8, 4) is 11.3 Å². The first-order valence-corrected chi connectivity index (χ1v) is 10.8. The number of rotatable bonds is 4. The second kappa shape index (κ2) is 8.44. The molecule has 3 aromatic carbocycles. The second-order valence-corrected chi connectivity index (χ2v) is 8.16. The van der Waals surface area contributed by atoms with E-state index >= 15 is 0 Å². The molecule has 1 aliphatic rings. The minimum atomic E-state index is 0.0838. The number of aromatic nitrogens is 1. The maximum absolute atomic E-state index is 13.0. The molecule has 1 aliphatic heterocycles. The number of amides is 1. The summed E-state index contributed by atoms with van der Waals surface area (Å²) in [5.41, 5.74) is 3.62. The van der Waals surface area contributed by atoms with Gasteiger partial charge in [0.15, 0.2) is 5.76 Å². The number of fused-ring (bicyclic) bond motifs is 1. The molecule has 0 aliphatic carbocycles. The van der Waals surface area contributed by atoms with Crippen LogP contribution < -0.4 is 4.90 Å². The van der Waals surface area contributed by atoms with E-state index in [2.05, 4.69) is 22.2 Å². The summed E-state index contributed by atoms with van der Waals surface area (Å²) in [6, 6.07) is 23.8. The van der Waals surface area contributed by atoms with Crippen molar-refractivity contribution in [1.29, 1.82) is 0 Å². The molecule has 0 spiro atoms. The van der Waals surface area contributed by atoms with Crippen LogP contribution in [0, 0.1) is 0 Å². The normalized spacial score (nSPS) is 14.2. The number of halogens is 1. The first-order chi connectivity index (χ1) is 15.2. The highest BCUT2D eigenvalue weighted by Gasteiger charge is 2.23. The molecule has 1 saturated heterocycles. The number of nitrogens with zero attached hydrogens (tertiary/aromatic N) is 3. The molecule has 31 heavy (non-hydrogen) atoms. The lowest BCUT2D eigenvalue weighted by Crippen LogP contribution is -2.49. The second-order valence-electron chi connectivity index (χ2n) is 7.72. The Morgan fingerprint density at radius 2 is 1.61 bits per heavy atom. The summed E-state index contributed by atoms with van der Waals surface area (Å²) in [5, 5.41) is 5.68. The van der Waals surface area contributed by atoms with Crippen molar-refractivity contribution in [2.24, 2.45) is 0 Å². The lowest BCUT2D eigenvalue weighted by Gasteiger charge is -2.36. The van der Waals surface area contributed by atoms with Crippen LogP contribution in [0.1, 0.15) is 5.56 Å². The van der Waals surface area contributed by atoms with E-state index in [1.54, 1.807) is 0 Å². The third-order valence-corrected chi connectivity index (χ3v) is 5.98. The predicted molar refractivity (Wildman–Crippen MR) is 123 cm³/mol. The molecule has 0 saturated carbocycles. The molecule has 4 aromatic rings. The lowest BCUT2D eigenvalue weighted by molar-refractivity contribution is -0.130. The Morgan fingerprint density at radius 1 is 0.935 bits per heavy atom. The van der Waals surface area contributed by atoms with E-state index in [1.165, 1.54) is 5.69 Å². The van der Waals surface area contributed by atoms with Crippen LogP contribution in [0.25, 0.3) is 22.2 Å².